The molecule has 0 radical (unpaired) electrons. The van der Waals surface area contributed by atoms with E-state index >= 15 is 0 Å². The van der Waals surface area contributed by atoms with Gasteiger partial charge in [-0.3, -0.25) is 10.3 Å². The molecular formula is C29H33ClN2O2. The lowest BCUT2D eigenvalue weighted by Crippen LogP contribution is -2.45. The summed E-state index contributed by atoms with van der Waals surface area (Å²) >= 11 is 6.82. The summed E-state index contributed by atoms with van der Waals surface area (Å²) in [5.41, 5.74) is 4.60. The second-order valence-corrected chi connectivity index (χ2v) is 10.3. The second kappa shape index (κ2) is 9.33. The molecule has 2 N–H and O–H groups in total. The standard InChI is InChI=1S/C29H33ClN2O2/c1-4-29-14-13-24(23-12-11-22(34-3)16-25(23)30)26(27(29)18(2)32-28(29)33)20-9-7-19(8-10-20)21-6-5-15-31-17-21/h5-12,15-18,24,26-28,32-33H,4,13-14H2,1-3H3/t18-,24+,26+,27+,28?,29?/m1/s1. The van der Waals surface area contributed by atoms with Crippen molar-refractivity contribution in [3.05, 3.63) is 83.1 Å². The first-order chi connectivity index (χ1) is 16.5. The fourth-order valence-corrected chi connectivity index (χ4v) is 7.10. The van der Waals surface area contributed by atoms with Crippen LogP contribution in [0.2, 0.25) is 5.02 Å². The van der Waals surface area contributed by atoms with Crippen molar-refractivity contribution in [3.8, 4) is 16.9 Å². The van der Waals surface area contributed by atoms with Gasteiger partial charge in [0.05, 0.1) is 7.11 Å². The van der Waals surface area contributed by atoms with E-state index in [4.69, 9.17) is 16.3 Å². The Morgan fingerprint density at radius 2 is 1.94 bits per heavy atom. The van der Waals surface area contributed by atoms with Gasteiger partial charge in [0.25, 0.3) is 0 Å². The normalized spacial score (nSPS) is 30.7. The number of benzene rings is 2. The first-order valence-electron chi connectivity index (χ1n) is 12.3. The quantitative estimate of drug-likeness (QED) is 0.447. The molecule has 2 aromatic carbocycles. The molecule has 2 aliphatic rings. The molecule has 4 nitrogen and oxygen atoms in total. The summed E-state index contributed by atoms with van der Waals surface area (Å²) in [6.07, 6.45) is 6.12. The molecule has 1 aliphatic carbocycles. The lowest BCUT2D eigenvalue weighted by atomic mass is 9.54. The number of aromatic nitrogens is 1. The van der Waals surface area contributed by atoms with Gasteiger partial charge < -0.3 is 9.84 Å². The fourth-order valence-electron chi connectivity index (χ4n) is 6.79. The summed E-state index contributed by atoms with van der Waals surface area (Å²) < 4.78 is 5.41. The van der Waals surface area contributed by atoms with E-state index in [0.29, 0.717) is 5.92 Å². The Labute approximate surface area is 207 Å². The van der Waals surface area contributed by atoms with Gasteiger partial charge in [0, 0.05) is 28.9 Å². The summed E-state index contributed by atoms with van der Waals surface area (Å²) in [6, 6.07) is 19.3. The van der Waals surface area contributed by atoms with E-state index in [2.05, 4.69) is 60.5 Å². The van der Waals surface area contributed by atoms with Crippen molar-refractivity contribution in [2.45, 2.75) is 57.2 Å². The molecule has 2 heterocycles. The molecule has 5 rings (SSSR count). The number of aliphatic hydroxyl groups is 1. The maximum atomic E-state index is 11.1. The molecule has 2 unspecified atom stereocenters. The highest BCUT2D eigenvalue weighted by Crippen LogP contribution is 2.61. The Balaban J connectivity index is 1.60. The summed E-state index contributed by atoms with van der Waals surface area (Å²) in [4.78, 5) is 4.27. The van der Waals surface area contributed by atoms with Crippen LogP contribution in [-0.4, -0.2) is 29.5 Å². The number of hydrogen-bond donors (Lipinski definition) is 2. The fraction of sp³-hybridized carbons (Fsp3) is 0.414. The molecule has 3 aromatic rings. The molecule has 0 spiro atoms. The van der Waals surface area contributed by atoms with Crippen molar-refractivity contribution >= 4 is 11.6 Å². The molecule has 6 atom stereocenters. The maximum absolute atomic E-state index is 11.1. The number of rotatable bonds is 5. The number of nitrogens with zero attached hydrogens (tertiary/aromatic N) is 1. The topological polar surface area (TPSA) is 54.4 Å². The van der Waals surface area contributed by atoms with Crippen LogP contribution in [0.4, 0.5) is 0 Å². The number of hydrogen-bond acceptors (Lipinski definition) is 4. The van der Waals surface area contributed by atoms with Gasteiger partial charge in [-0.1, -0.05) is 54.9 Å². The Morgan fingerprint density at radius 3 is 2.59 bits per heavy atom. The van der Waals surface area contributed by atoms with E-state index in [1.165, 1.54) is 11.1 Å². The molecule has 2 fully saturated rings. The summed E-state index contributed by atoms with van der Waals surface area (Å²) in [5.74, 6) is 1.58. The number of ether oxygens (including phenoxy) is 1. The Morgan fingerprint density at radius 1 is 1.15 bits per heavy atom. The van der Waals surface area contributed by atoms with Crippen LogP contribution in [0.25, 0.3) is 11.1 Å². The van der Waals surface area contributed by atoms with Gasteiger partial charge in [0.15, 0.2) is 0 Å². The highest BCUT2D eigenvalue weighted by atomic mass is 35.5. The van der Waals surface area contributed by atoms with Crippen molar-refractivity contribution in [3.63, 3.8) is 0 Å². The van der Waals surface area contributed by atoms with Gasteiger partial charge in [0.1, 0.15) is 12.0 Å². The van der Waals surface area contributed by atoms with E-state index in [-0.39, 0.29) is 23.3 Å². The first kappa shape index (κ1) is 23.3. The van der Waals surface area contributed by atoms with E-state index in [1.54, 1.807) is 13.3 Å². The minimum atomic E-state index is -0.484. The highest BCUT2D eigenvalue weighted by Gasteiger charge is 2.58. The summed E-state index contributed by atoms with van der Waals surface area (Å²) in [5, 5.41) is 15.4. The third kappa shape index (κ3) is 3.82. The molecule has 178 valence electrons. The van der Waals surface area contributed by atoms with Crippen LogP contribution in [0.3, 0.4) is 0 Å². The maximum Gasteiger partial charge on any atom is 0.120 e. The lowest BCUT2D eigenvalue weighted by Gasteiger charge is -2.50. The largest absolute Gasteiger partial charge is 0.497 e. The number of pyridine rings is 1. The smallest absolute Gasteiger partial charge is 0.120 e. The SMILES string of the molecule is CCC12CC[C@@H](c3ccc(OC)cc3Cl)[C@H](c3ccc(-c4cccnc4)cc3)[C@@H]1[C@@H](C)NC2O. The number of aliphatic hydroxyl groups excluding tert-OH is 1. The van der Waals surface area contributed by atoms with Crippen molar-refractivity contribution in [1.82, 2.24) is 10.3 Å². The van der Waals surface area contributed by atoms with Crippen LogP contribution in [0.5, 0.6) is 5.75 Å². The molecule has 34 heavy (non-hydrogen) atoms. The van der Waals surface area contributed by atoms with Gasteiger partial charge in [0.2, 0.25) is 0 Å². The van der Waals surface area contributed by atoms with Crippen LogP contribution in [0, 0.1) is 11.3 Å². The monoisotopic (exact) mass is 476 g/mol. The molecule has 5 heteroatoms. The summed E-state index contributed by atoms with van der Waals surface area (Å²) in [6.45, 7) is 4.44. The van der Waals surface area contributed by atoms with Gasteiger partial charge in [-0.05, 0) is 84.4 Å². The number of fused-ring (bicyclic) bond motifs is 1. The summed E-state index contributed by atoms with van der Waals surface area (Å²) in [7, 11) is 1.67. The third-order valence-electron chi connectivity index (χ3n) is 8.46. The van der Waals surface area contributed by atoms with Gasteiger partial charge in [-0.15, -0.1) is 0 Å². The Bertz CT molecular complexity index is 1140. The molecular weight excluding hydrogens is 444 g/mol. The van der Waals surface area contributed by atoms with Crippen LogP contribution < -0.4 is 10.1 Å². The average Bonchev–Trinajstić information content (AvgIpc) is 3.14. The van der Waals surface area contributed by atoms with Gasteiger partial charge in [-0.25, -0.2) is 0 Å². The van der Waals surface area contributed by atoms with E-state index < -0.39 is 6.23 Å². The average molecular weight is 477 g/mol. The Kier molecular flexibility index (Phi) is 6.41. The zero-order chi connectivity index (χ0) is 23.9. The molecule has 1 aromatic heterocycles. The Hall–Kier alpha value is -2.40. The van der Waals surface area contributed by atoms with Gasteiger partial charge in [-0.2, -0.15) is 0 Å². The van der Waals surface area contributed by atoms with E-state index in [9.17, 15) is 5.11 Å². The molecule has 1 saturated heterocycles. The van der Waals surface area contributed by atoms with Crippen molar-refractivity contribution in [2.24, 2.45) is 11.3 Å². The molecule has 1 saturated carbocycles. The molecule has 0 amide bonds. The third-order valence-corrected chi connectivity index (χ3v) is 8.79. The van der Waals surface area contributed by atoms with E-state index in [1.807, 2.05) is 24.4 Å². The molecule has 0 bridgehead atoms. The lowest BCUT2D eigenvalue weighted by molar-refractivity contribution is -0.0267. The first-order valence-corrected chi connectivity index (χ1v) is 12.6. The van der Waals surface area contributed by atoms with Crippen LogP contribution >= 0.6 is 11.6 Å². The molecule has 1 aliphatic heterocycles. The number of halogens is 1. The zero-order valence-electron chi connectivity index (χ0n) is 20.0. The van der Waals surface area contributed by atoms with Crippen LogP contribution in [-0.2, 0) is 0 Å². The highest BCUT2D eigenvalue weighted by molar-refractivity contribution is 6.31. The van der Waals surface area contributed by atoms with Crippen molar-refractivity contribution in [2.75, 3.05) is 7.11 Å². The number of nitrogens with one attached hydrogen (secondary N) is 1. The van der Waals surface area contributed by atoms with Crippen LogP contribution in [0.15, 0.2) is 67.0 Å². The minimum absolute atomic E-state index is 0.137. The van der Waals surface area contributed by atoms with E-state index in [0.717, 1.165) is 41.2 Å². The minimum Gasteiger partial charge on any atom is -0.497 e. The predicted molar refractivity (Wildman–Crippen MR) is 137 cm³/mol. The zero-order valence-corrected chi connectivity index (χ0v) is 20.8. The van der Waals surface area contributed by atoms with Crippen molar-refractivity contribution < 1.29 is 9.84 Å². The number of methoxy groups -OCH3 is 1. The van der Waals surface area contributed by atoms with Gasteiger partial charge >= 0.3 is 0 Å². The van der Waals surface area contributed by atoms with Crippen molar-refractivity contribution in [1.29, 1.82) is 0 Å². The predicted octanol–water partition coefficient (Wildman–Crippen LogP) is 6.39. The van der Waals surface area contributed by atoms with Crippen LogP contribution in [0.1, 0.15) is 56.1 Å². The second-order valence-electron chi connectivity index (χ2n) is 9.89.